The van der Waals surface area contributed by atoms with Gasteiger partial charge in [0.05, 0.1) is 16.7 Å². The Morgan fingerprint density at radius 3 is 2.21 bits per heavy atom. The Kier molecular flexibility index (Phi) is 5.55. The van der Waals surface area contributed by atoms with E-state index in [1.807, 2.05) is 12.1 Å². The van der Waals surface area contributed by atoms with Crippen LogP contribution >= 0.6 is 0 Å². The first kappa shape index (κ1) is 19.2. The van der Waals surface area contributed by atoms with Crippen LogP contribution in [-0.2, 0) is 10.0 Å². The van der Waals surface area contributed by atoms with E-state index in [2.05, 4.69) is 0 Å². The molecular weight excluding hydrogens is 376 g/mol. The Balaban J connectivity index is 1.40. The van der Waals surface area contributed by atoms with E-state index in [0.717, 1.165) is 0 Å². The van der Waals surface area contributed by atoms with Crippen molar-refractivity contribution in [1.82, 2.24) is 9.21 Å². The first-order valence-corrected chi connectivity index (χ1v) is 11.4. The van der Waals surface area contributed by atoms with Crippen molar-refractivity contribution in [2.75, 3.05) is 26.2 Å². The van der Waals surface area contributed by atoms with Gasteiger partial charge < -0.3 is 9.32 Å². The van der Waals surface area contributed by atoms with Crippen molar-refractivity contribution in [3.8, 4) is 0 Å². The maximum Gasteiger partial charge on any atom is 0.257 e. The van der Waals surface area contributed by atoms with Gasteiger partial charge in [-0.2, -0.15) is 4.31 Å². The molecule has 0 N–H and O–H groups in total. The third kappa shape index (κ3) is 3.86. The minimum absolute atomic E-state index is 0.123. The molecule has 1 aromatic carbocycles. The Morgan fingerprint density at radius 2 is 1.61 bits per heavy atom. The number of rotatable bonds is 4. The zero-order valence-corrected chi connectivity index (χ0v) is 16.7. The highest BCUT2D eigenvalue weighted by atomic mass is 32.2. The van der Waals surface area contributed by atoms with Crippen molar-refractivity contribution in [3.63, 3.8) is 0 Å². The van der Waals surface area contributed by atoms with E-state index < -0.39 is 10.0 Å². The van der Waals surface area contributed by atoms with E-state index in [4.69, 9.17) is 4.42 Å². The summed E-state index contributed by atoms with van der Waals surface area (Å²) in [7, 11) is -3.54. The summed E-state index contributed by atoms with van der Waals surface area (Å²) in [5.41, 5.74) is 1.74. The van der Waals surface area contributed by atoms with Gasteiger partial charge in [0.25, 0.3) is 5.91 Å². The zero-order chi connectivity index (χ0) is 19.6. The molecule has 0 atom stereocenters. The van der Waals surface area contributed by atoms with E-state index >= 15 is 0 Å². The first-order chi connectivity index (χ1) is 13.6. The predicted molar refractivity (Wildman–Crippen MR) is 106 cm³/mol. The number of amides is 1. The van der Waals surface area contributed by atoms with E-state index in [0.29, 0.717) is 42.6 Å². The number of furan rings is 1. The maximum atomic E-state index is 13.0. The Bertz CT molecular complexity index is 892. The van der Waals surface area contributed by atoms with E-state index in [-0.39, 0.29) is 5.91 Å². The van der Waals surface area contributed by atoms with E-state index in [1.54, 1.807) is 23.1 Å². The summed E-state index contributed by atoms with van der Waals surface area (Å²) in [6, 6.07) is 9.05. The van der Waals surface area contributed by atoms with Gasteiger partial charge in [0.1, 0.15) is 6.26 Å². The normalized spacial score (nSPS) is 19.6. The van der Waals surface area contributed by atoms with Gasteiger partial charge in [0, 0.05) is 26.2 Å². The molecule has 2 fully saturated rings. The minimum Gasteiger partial charge on any atom is -0.472 e. The molecule has 2 heterocycles. The Hall–Kier alpha value is -2.12. The third-order valence-corrected chi connectivity index (χ3v) is 7.80. The molecule has 2 aromatic rings. The van der Waals surface area contributed by atoms with E-state index in [9.17, 15) is 13.2 Å². The second kappa shape index (κ2) is 8.09. The summed E-state index contributed by atoms with van der Waals surface area (Å²) in [4.78, 5) is 14.4. The zero-order valence-electron chi connectivity index (χ0n) is 15.9. The molecule has 7 heteroatoms. The number of hydrogen-bond donors (Lipinski definition) is 0. The fourth-order valence-electron chi connectivity index (χ4n) is 4.20. The van der Waals surface area contributed by atoms with Gasteiger partial charge in [-0.1, -0.05) is 31.4 Å². The summed E-state index contributed by atoms with van der Waals surface area (Å²) >= 11 is 0. The van der Waals surface area contributed by atoms with Gasteiger partial charge in [0.2, 0.25) is 10.0 Å². The predicted octanol–water partition coefficient (Wildman–Crippen LogP) is 3.47. The number of hydrogen-bond acceptors (Lipinski definition) is 4. The lowest BCUT2D eigenvalue weighted by Gasteiger charge is -2.33. The largest absolute Gasteiger partial charge is 0.472 e. The highest BCUT2D eigenvalue weighted by Gasteiger charge is 2.30. The average Bonchev–Trinajstić information content (AvgIpc) is 3.29. The maximum absolute atomic E-state index is 13.0. The number of carbonyl (C=O) groups is 1. The molecule has 150 valence electrons. The molecule has 1 amide bonds. The van der Waals surface area contributed by atoms with E-state index in [1.165, 1.54) is 54.5 Å². The number of sulfonamides is 1. The summed E-state index contributed by atoms with van der Waals surface area (Å²) in [6.07, 6.45) is 9.08. The fourth-order valence-corrected chi connectivity index (χ4v) is 5.62. The van der Waals surface area contributed by atoms with Crippen LogP contribution in [0.4, 0.5) is 0 Å². The summed E-state index contributed by atoms with van der Waals surface area (Å²) in [5.74, 6) is 0.436. The van der Waals surface area contributed by atoms with Crippen molar-refractivity contribution in [1.29, 1.82) is 0 Å². The van der Waals surface area contributed by atoms with Crippen molar-refractivity contribution in [3.05, 3.63) is 54.0 Å². The highest BCUT2D eigenvalue weighted by molar-refractivity contribution is 7.89. The van der Waals surface area contributed by atoms with Crippen LogP contribution in [0.25, 0.3) is 0 Å². The smallest absolute Gasteiger partial charge is 0.257 e. The van der Waals surface area contributed by atoms with Crippen LogP contribution in [0, 0.1) is 0 Å². The van der Waals surface area contributed by atoms with Crippen LogP contribution in [0.15, 0.2) is 52.2 Å². The number of carbonyl (C=O) groups excluding carboxylic acids is 1. The number of piperazine rings is 1. The molecule has 28 heavy (non-hydrogen) atoms. The Morgan fingerprint density at radius 1 is 0.929 bits per heavy atom. The van der Waals surface area contributed by atoms with Gasteiger partial charge in [-0.3, -0.25) is 4.79 Å². The van der Waals surface area contributed by atoms with Crippen LogP contribution in [0.1, 0.15) is 53.9 Å². The Labute approximate surface area is 166 Å². The molecule has 0 unspecified atom stereocenters. The van der Waals surface area contributed by atoms with Gasteiger partial charge in [-0.25, -0.2) is 8.42 Å². The highest BCUT2D eigenvalue weighted by Crippen LogP contribution is 2.33. The SMILES string of the molecule is O=C(c1ccoc1)N1CCN(S(=O)(=O)c2ccc(C3CCCCC3)cc2)CC1. The molecule has 0 radical (unpaired) electrons. The molecule has 1 aliphatic heterocycles. The number of benzene rings is 1. The van der Waals surface area contributed by atoms with Crippen LogP contribution in [-0.4, -0.2) is 49.7 Å². The van der Waals surface area contributed by atoms with Gasteiger partial charge in [-0.05, 0) is 42.5 Å². The molecular formula is C21H26N2O4S. The van der Waals surface area contributed by atoms with Crippen LogP contribution < -0.4 is 0 Å². The van der Waals surface area contributed by atoms with Gasteiger partial charge >= 0.3 is 0 Å². The molecule has 1 saturated carbocycles. The summed E-state index contributed by atoms with van der Waals surface area (Å²) in [6.45, 7) is 1.36. The van der Waals surface area contributed by atoms with Crippen LogP contribution in [0.3, 0.4) is 0 Å². The molecule has 6 nitrogen and oxygen atoms in total. The van der Waals surface area contributed by atoms with Crippen molar-refractivity contribution in [2.24, 2.45) is 0 Å². The molecule has 1 aliphatic carbocycles. The monoisotopic (exact) mass is 402 g/mol. The lowest BCUT2D eigenvalue weighted by Crippen LogP contribution is -2.50. The lowest BCUT2D eigenvalue weighted by molar-refractivity contribution is 0.0697. The van der Waals surface area contributed by atoms with Crippen LogP contribution in [0.5, 0.6) is 0 Å². The second-order valence-electron chi connectivity index (χ2n) is 7.61. The average molecular weight is 403 g/mol. The molecule has 0 spiro atoms. The summed E-state index contributed by atoms with van der Waals surface area (Å²) in [5, 5.41) is 0. The van der Waals surface area contributed by atoms with Crippen molar-refractivity contribution >= 4 is 15.9 Å². The summed E-state index contributed by atoms with van der Waals surface area (Å²) < 4.78 is 32.4. The topological polar surface area (TPSA) is 70.8 Å². The minimum atomic E-state index is -3.54. The van der Waals surface area contributed by atoms with Gasteiger partial charge in [0.15, 0.2) is 0 Å². The molecule has 2 aliphatic rings. The number of nitrogens with zero attached hydrogens (tertiary/aromatic N) is 2. The molecule has 1 saturated heterocycles. The van der Waals surface area contributed by atoms with Crippen molar-refractivity contribution in [2.45, 2.75) is 42.9 Å². The lowest BCUT2D eigenvalue weighted by atomic mass is 9.84. The third-order valence-electron chi connectivity index (χ3n) is 5.89. The van der Waals surface area contributed by atoms with Crippen molar-refractivity contribution < 1.29 is 17.6 Å². The standard InChI is InChI=1S/C21H26N2O4S/c24-21(19-10-15-27-16-19)22-11-13-23(14-12-22)28(25,26)20-8-6-18(7-9-20)17-4-2-1-3-5-17/h6-10,15-17H,1-5,11-14H2. The fraction of sp³-hybridized carbons (Fsp3) is 0.476. The first-order valence-electron chi connectivity index (χ1n) is 9.97. The molecule has 1 aromatic heterocycles. The van der Waals surface area contributed by atoms with Crippen LogP contribution in [0.2, 0.25) is 0 Å². The second-order valence-corrected chi connectivity index (χ2v) is 9.55. The van der Waals surface area contributed by atoms with Gasteiger partial charge in [-0.15, -0.1) is 0 Å². The molecule has 0 bridgehead atoms. The quantitative estimate of drug-likeness (QED) is 0.785. The molecule has 4 rings (SSSR count).